The lowest BCUT2D eigenvalue weighted by atomic mass is 9.70. The Hall–Kier alpha value is -0.450. The summed E-state index contributed by atoms with van der Waals surface area (Å²) in [5.74, 6) is 0.574. The van der Waals surface area contributed by atoms with Crippen LogP contribution in [0.3, 0.4) is 0 Å². The summed E-state index contributed by atoms with van der Waals surface area (Å²) in [6, 6.07) is 0. The van der Waals surface area contributed by atoms with Crippen molar-refractivity contribution in [1.29, 1.82) is 0 Å². The highest BCUT2D eigenvalue weighted by molar-refractivity contribution is 5.79. The van der Waals surface area contributed by atoms with Gasteiger partial charge in [0, 0.05) is 31.3 Å². The van der Waals surface area contributed by atoms with Crippen LogP contribution in [0.2, 0.25) is 0 Å². The molecule has 0 aromatic heterocycles. The summed E-state index contributed by atoms with van der Waals surface area (Å²) in [4.78, 5) is 14.0. The standard InChI is InChI=1S/C16H27NO3/c1-13(2)5-9-17-10-8-15(6-3-14(18)4-7-15)16(17)19-11-12-20-16/h13H,3-12H2,1-2H3. The molecule has 114 valence electrons. The van der Waals surface area contributed by atoms with E-state index in [1.165, 1.54) is 6.42 Å². The van der Waals surface area contributed by atoms with Crippen molar-refractivity contribution in [1.82, 2.24) is 4.90 Å². The average Bonchev–Trinajstić information content (AvgIpc) is 3.01. The largest absolute Gasteiger partial charge is 0.334 e. The molecular weight excluding hydrogens is 254 g/mol. The molecule has 20 heavy (non-hydrogen) atoms. The van der Waals surface area contributed by atoms with Crippen LogP contribution >= 0.6 is 0 Å². The molecule has 1 saturated carbocycles. The molecule has 3 fully saturated rings. The molecule has 0 amide bonds. The highest BCUT2D eigenvalue weighted by Crippen LogP contribution is 2.56. The van der Waals surface area contributed by atoms with Gasteiger partial charge in [-0.15, -0.1) is 0 Å². The quantitative estimate of drug-likeness (QED) is 0.797. The first kappa shape index (κ1) is 14.5. The van der Waals surface area contributed by atoms with Crippen molar-refractivity contribution in [3.63, 3.8) is 0 Å². The van der Waals surface area contributed by atoms with E-state index in [-0.39, 0.29) is 5.41 Å². The second kappa shape index (κ2) is 5.39. The number of hydrogen-bond acceptors (Lipinski definition) is 4. The molecule has 2 spiro atoms. The number of rotatable bonds is 3. The third-order valence-corrected chi connectivity index (χ3v) is 5.37. The van der Waals surface area contributed by atoms with Crippen LogP contribution in [0.25, 0.3) is 0 Å². The highest BCUT2D eigenvalue weighted by Gasteiger charge is 2.63. The number of ketones is 1. The van der Waals surface area contributed by atoms with Crippen LogP contribution in [-0.4, -0.2) is 42.9 Å². The zero-order chi connectivity index (χ0) is 14.2. The molecule has 4 heteroatoms. The lowest BCUT2D eigenvalue weighted by Gasteiger charge is -2.46. The van der Waals surface area contributed by atoms with Gasteiger partial charge in [-0.25, -0.2) is 0 Å². The highest BCUT2D eigenvalue weighted by atomic mass is 16.8. The van der Waals surface area contributed by atoms with Crippen LogP contribution in [0.4, 0.5) is 0 Å². The molecule has 2 heterocycles. The Morgan fingerprint density at radius 2 is 1.80 bits per heavy atom. The molecule has 2 aliphatic heterocycles. The van der Waals surface area contributed by atoms with Gasteiger partial charge in [0.1, 0.15) is 5.78 Å². The van der Waals surface area contributed by atoms with Gasteiger partial charge in [0.15, 0.2) is 0 Å². The molecule has 3 aliphatic rings. The van der Waals surface area contributed by atoms with Gasteiger partial charge in [0.25, 0.3) is 0 Å². The molecule has 4 nitrogen and oxygen atoms in total. The molecule has 2 saturated heterocycles. The maximum absolute atomic E-state index is 11.6. The van der Waals surface area contributed by atoms with Gasteiger partial charge in [0.05, 0.1) is 13.2 Å². The number of fused-ring (bicyclic) bond motifs is 1. The molecule has 0 N–H and O–H groups in total. The molecule has 0 aromatic rings. The molecule has 3 rings (SSSR count). The number of nitrogens with zero attached hydrogens (tertiary/aromatic N) is 1. The van der Waals surface area contributed by atoms with Crippen molar-refractivity contribution >= 4 is 5.78 Å². The summed E-state index contributed by atoms with van der Waals surface area (Å²) in [5.41, 5.74) is 0.0500. The Kier molecular flexibility index (Phi) is 3.91. The fourth-order valence-electron chi connectivity index (χ4n) is 4.13. The van der Waals surface area contributed by atoms with E-state index in [0.29, 0.717) is 37.8 Å². The van der Waals surface area contributed by atoms with Gasteiger partial charge in [-0.2, -0.15) is 0 Å². The maximum atomic E-state index is 11.6. The van der Waals surface area contributed by atoms with E-state index in [4.69, 9.17) is 9.47 Å². The summed E-state index contributed by atoms with van der Waals surface area (Å²) < 4.78 is 12.3. The fraction of sp³-hybridized carbons (Fsp3) is 0.938. The second-order valence-electron chi connectivity index (χ2n) is 7.02. The van der Waals surface area contributed by atoms with Crippen molar-refractivity contribution < 1.29 is 14.3 Å². The third kappa shape index (κ3) is 2.22. The summed E-state index contributed by atoms with van der Waals surface area (Å²) in [6.07, 6.45) is 5.55. The van der Waals surface area contributed by atoms with Crippen LogP contribution in [0.1, 0.15) is 52.4 Å². The van der Waals surface area contributed by atoms with Gasteiger partial charge in [0.2, 0.25) is 5.91 Å². The minimum Gasteiger partial charge on any atom is -0.334 e. The van der Waals surface area contributed by atoms with Crippen LogP contribution in [0.5, 0.6) is 0 Å². The summed E-state index contributed by atoms with van der Waals surface area (Å²) in [5, 5.41) is 0. The van der Waals surface area contributed by atoms with Gasteiger partial charge in [-0.3, -0.25) is 9.69 Å². The lowest BCUT2D eigenvalue weighted by molar-refractivity contribution is -0.300. The minimum absolute atomic E-state index is 0.0500. The predicted molar refractivity (Wildman–Crippen MR) is 76.2 cm³/mol. The number of carbonyl (C=O) groups excluding carboxylic acids is 1. The number of carbonyl (C=O) groups is 1. The minimum atomic E-state index is -0.525. The van der Waals surface area contributed by atoms with Gasteiger partial charge in [-0.1, -0.05) is 13.8 Å². The molecule has 0 bridgehead atoms. The first-order chi connectivity index (χ1) is 9.58. The van der Waals surface area contributed by atoms with Crippen molar-refractivity contribution in [2.45, 2.75) is 58.3 Å². The van der Waals surface area contributed by atoms with Crippen molar-refractivity contribution in [3.8, 4) is 0 Å². The van der Waals surface area contributed by atoms with E-state index >= 15 is 0 Å². The molecular formula is C16H27NO3. The third-order valence-electron chi connectivity index (χ3n) is 5.37. The van der Waals surface area contributed by atoms with E-state index in [1.54, 1.807) is 0 Å². The second-order valence-corrected chi connectivity index (χ2v) is 7.02. The molecule has 0 radical (unpaired) electrons. The summed E-state index contributed by atoms with van der Waals surface area (Å²) >= 11 is 0. The zero-order valence-electron chi connectivity index (χ0n) is 12.8. The Labute approximate surface area is 121 Å². The first-order valence-electron chi connectivity index (χ1n) is 8.13. The van der Waals surface area contributed by atoms with E-state index in [9.17, 15) is 4.79 Å². The topological polar surface area (TPSA) is 38.8 Å². The molecule has 1 aliphatic carbocycles. The van der Waals surface area contributed by atoms with Gasteiger partial charge < -0.3 is 9.47 Å². The smallest absolute Gasteiger partial charge is 0.236 e. The molecule has 0 unspecified atom stereocenters. The summed E-state index contributed by atoms with van der Waals surface area (Å²) in [7, 11) is 0. The Balaban J connectivity index is 1.79. The molecule has 0 aromatic carbocycles. The van der Waals surface area contributed by atoms with Crippen molar-refractivity contribution in [2.24, 2.45) is 11.3 Å². The summed E-state index contributed by atoms with van der Waals surface area (Å²) in [6.45, 7) is 7.97. The lowest BCUT2D eigenvalue weighted by Crippen LogP contribution is -2.56. The van der Waals surface area contributed by atoms with Crippen molar-refractivity contribution in [2.75, 3.05) is 26.3 Å². The van der Waals surface area contributed by atoms with E-state index < -0.39 is 5.91 Å². The molecule has 0 atom stereocenters. The van der Waals surface area contributed by atoms with E-state index in [0.717, 1.165) is 32.4 Å². The van der Waals surface area contributed by atoms with Crippen LogP contribution in [0.15, 0.2) is 0 Å². The van der Waals surface area contributed by atoms with E-state index in [1.807, 2.05) is 0 Å². The van der Waals surface area contributed by atoms with Crippen molar-refractivity contribution in [3.05, 3.63) is 0 Å². The van der Waals surface area contributed by atoms with Crippen LogP contribution in [-0.2, 0) is 14.3 Å². The Bertz CT molecular complexity index is 364. The monoisotopic (exact) mass is 281 g/mol. The fourth-order valence-corrected chi connectivity index (χ4v) is 4.13. The first-order valence-corrected chi connectivity index (χ1v) is 8.13. The number of hydrogen-bond donors (Lipinski definition) is 0. The predicted octanol–water partition coefficient (Wildman–Crippen LogP) is 2.57. The SMILES string of the molecule is CC(C)CCN1CCC2(CCC(=O)CC2)C12OCCO2. The zero-order valence-corrected chi connectivity index (χ0v) is 12.8. The number of Topliss-reactive ketones (excluding diaryl/α,β-unsaturated/α-hetero) is 1. The van der Waals surface area contributed by atoms with Gasteiger partial charge >= 0.3 is 0 Å². The van der Waals surface area contributed by atoms with Gasteiger partial charge in [-0.05, 0) is 31.6 Å². The Morgan fingerprint density at radius 3 is 2.40 bits per heavy atom. The average molecular weight is 281 g/mol. The number of ether oxygens (including phenoxy) is 2. The number of likely N-dealkylation sites (tertiary alicyclic amines) is 1. The normalized spacial score (nSPS) is 29.1. The Morgan fingerprint density at radius 1 is 1.15 bits per heavy atom. The van der Waals surface area contributed by atoms with E-state index in [2.05, 4.69) is 18.7 Å². The maximum Gasteiger partial charge on any atom is 0.236 e. The van der Waals surface area contributed by atoms with Crippen LogP contribution in [0, 0.1) is 11.3 Å². The van der Waals surface area contributed by atoms with Crippen LogP contribution < -0.4 is 0 Å².